The summed E-state index contributed by atoms with van der Waals surface area (Å²) in [4.78, 5) is 19.9. The van der Waals surface area contributed by atoms with E-state index < -0.39 is 5.91 Å². The molecule has 1 amide bonds. The molecule has 0 aliphatic heterocycles. The van der Waals surface area contributed by atoms with Crippen molar-refractivity contribution >= 4 is 45.1 Å². The van der Waals surface area contributed by atoms with E-state index in [0.717, 1.165) is 21.9 Å². The van der Waals surface area contributed by atoms with E-state index in [4.69, 9.17) is 17.3 Å². The molecule has 0 saturated heterocycles. The summed E-state index contributed by atoms with van der Waals surface area (Å²) in [5.74, 6) is 0.181. The molecule has 4 rings (SSSR count). The number of fused-ring (bicyclic) bond motifs is 3. The van der Waals surface area contributed by atoms with E-state index in [1.165, 1.54) is 6.20 Å². The zero-order valence-electron chi connectivity index (χ0n) is 17.2. The van der Waals surface area contributed by atoms with Gasteiger partial charge in [0.2, 0.25) is 0 Å². The molecule has 1 aromatic carbocycles. The Morgan fingerprint density at radius 3 is 2.60 bits per heavy atom. The van der Waals surface area contributed by atoms with E-state index >= 15 is 0 Å². The van der Waals surface area contributed by atoms with Gasteiger partial charge in [-0.25, -0.2) is 4.98 Å². The van der Waals surface area contributed by atoms with Crippen molar-refractivity contribution in [3.8, 4) is 11.3 Å². The Balaban J connectivity index is 1.92. The number of carbonyl (C=O) groups excluding carboxylic acids is 1. The third kappa shape index (κ3) is 3.57. The number of hydrogen-bond acceptors (Lipinski definition) is 5. The average molecular weight is 423 g/mol. The molecule has 0 unspecified atom stereocenters. The van der Waals surface area contributed by atoms with Crippen LogP contribution in [0, 0.1) is 5.41 Å². The summed E-state index contributed by atoms with van der Waals surface area (Å²) in [5.41, 5.74) is 9.08. The van der Waals surface area contributed by atoms with Gasteiger partial charge in [0, 0.05) is 28.7 Å². The van der Waals surface area contributed by atoms with Gasteiger partial charge in [-0.1, -0.05) is 44.5 Å². The summed E-state index contributed by atoms with van der Waals surface area (Å²) in [5, 5.41) is 13.7. The van der Waals surface area contributed by atoms with Crippen molar-refractivity contribution in [2.75, 3.05) is 5.32 Å². The molecule has 0 aliphatic rings. The van der Waals surface area contributed by atoms with Gasteiger partial charge >= 0.3 is 0 Å². The number of primary amides is 1. The number of anilines is 1. The van der Waals surface area contributed by atoms with Gasteiger partial charge in [0.1, 0.15) is 5.82 Å². The van der Waals surface area contributed by atoms with E-state index in [0.29, 0.717) is 27.7 Å². The summed E-state index contributed by atoms with van der Waals surface area (Å²) in [6, 6.07) is 9.58. The van der Waals surface area contributed by atoms with Crippen LogP contribution in [-0.4, -0.2) is 32.1 Å². The standard InChI is InChI=1S/C22H23ClN6O/c1-11(22(2,3)4)26-21-18-13-6-5-12(15-7-8-17(23)29-28-15)9-16(13)27-19(18)14(10-25-21)20(24)30/h5-11,27H,1-4H3,(H2,24,30)(H,25,26)/t11-/m0/s1. The fourth-order valence-corrected chi connectivity index (χ4v) is 3.35. The number of hydrogen-bond donors (Lipinski definition) is 3. The monoisotopic (exact) mass is 422 g/mol. The third-order valence-corrected chi connectivity index (χ3v) is 5.67. The van der Waals surface area contributed by atoms with Gasteiger partial charge in [-0.05, 0) is 30.5 Å². The predicted molar refractivity (Wildman–Crippen MR) is 121 cm³/mol. The van der Waals surface area contributed by atoms with Gasteiger partial charge in [0.05, 0.1) is 22.2 Å². The van der Waals surface area contributed by atoms with Gasteiger partial charge in [0.15, 0.2) is 5.15 Å². The quantitative estimate of drug-likeness (QED) is 0.438. The van der Waals surface area contributed by atoms with Crippen molar-refractivity contribution in [1.82, 2.24) is 20.2 Å². The van der Waals surface area contributed by atoms with Crippen molar-refractivity contribution < 1.29 is 4.79 Å². The van der Waals surface area contributed by atoms with E-state index in [9.17, 15) is 4.79 Å². The molecule has 30 heavy (non-hydrogen) atoms. The second kappa shape index (κ2) is 7.25. The highest BCUT2D eigenvalue weighted by Gasteiger charge is 2.23. The molecule has 8 heteroatoms. The molecule has 0 aliphatic carbocycles. The van der Waals surface area contributed by atoms with Crippen LogP contribution in [0.3, 0.4) is 0 Å². The number of nitrogens with two attached hydrogens (primary N) is 1. The summed E-state index contributed by atoms with van der Waals surface area (Å²) < 4.78 is 0. The predicted octanol–water partition coefficient (Wildman–Crippen LogP) is 4.77. The molecular weight excluding hydrogens is 400 g/mol. The van der Waals surface area contributed by atoms with Crippen molar-refractivity contribution in [2.45, 2.75) is 33.7 Å². The van der Waals surface area contributed by atoms with Crippen LogP contribution in [0.25, 0.3) is 33.1 Å². The molecule has 0 spiro atoms. The number of aromatic amines is 1. The SMILES string of the molecule is C[C@H](Nc1ncc(C(N)=O)c2[nH]c3cc(-c4ccc(Cl)nn4)ccc3c12)C(C)(C)C. The second-order valence-electron chi connectivity index (χ2n) is 8.49. The number of aromatic nitrogens is 4. The average Bonchev–Trinajstić information content (AvgIpc) is 3.06. The topological polar surface area (TPSA) is 110 Å². The van der Waals surface area contributed by atoms with Crippen LogP contribution in [0.4, 0.5) is 5.82 Å². The van der Waals surface area contributed by atoms with Crippen LogP contribution in [0.15, 0.2) is 36.5 Å². The summed E-state index contributed by atoms with van der Waals surface area (Å²) in [6.07, 6.45) is 1.52. The molecule has 4 N–H and O–H groups in total. The third-order valence-electron chi connectivity index (χ3n) is 5.47. The highest BCUT2D eigenvalue weighted by molar-refractivity contribution is 6.29. The molecule has 0 bridgehead atoms. The van der Waals surface area contributed by atoms with Crippen molar-refractivity contribution in [1.29, 1.82) is 0 Å². The van der Waals surface area contributed by atoms with Crippen molar-refractivity contribution in [3.63, 3.8) is 0 Å². The summed E-state index contributed by atoms with van der Waals surface area (Å²) >= 11 is 5.85. The Labute approximate surface area is 179 Å². The first-order valence-electron chi connectivity index (χ1n) is 9.65. The molecule has 0 radical (unpaired) electrons. The van der Waals surface area contributed by atoms with Crippen LogP contribution in [-0.2, 0) is 0 Å². The lowest BCUT2D eigenvalue weighted by atomic mass is 9.88. The Bertz CT molecular complexity index is 1260. The van der Waals surface area contributed by atoms with Crippen LogP contribution in [0.1, 0.15) is 38.1 Å². The molecule has 7 nitrogen and oxygen atoms in total. The minimum Gasteiger partial charge on any atom is -0.367 e. The Kier molecular flexibility index (Phi) is 4.86. The second-order valence-corrected chi connectivity index (χ2v) is 8.88. The molecule has 154 valence electrons. The first-order chi connectivity index (χ1) is 14.1. The first kappa shape index (κ1) is 20.1. The normalized spacial score (nSPS) is 13.0. The molecule has 4 aromatic rings. The van der Waals surface area contributed by atoms with Gasteiger partial charge in [-0.3, -0.25) is 4.79 Å². The Morgan fingerprint density at radius 1 is 1.20 bits per heavy atom. The van der Waals surface area contributed by atoms with Gasteiger partial charge in [0.25, 0.3) is 5.91 Å². The van der Waals surface area contributed by atoms with Crippen molar-refractivity contribution in [2.24, 2.45) is 11.1 Å². The number of carbonyl (C=O) groups is 1. The number of nitrogens with zero attached hydrogens (tertiary/aromatic N) is 3. The summed E-state index contributed by atoms with van der Waals surface area (Å²) in [7, 11) is 0. The Morgan fingerprint density at radius 2 is 1.97 bits per heavy atom. The van der Waals surface area contributed by atoms with E-state index in [1.807, 2.05) is 24.3 Å². The van der Waals surface area contributed by atoms with Crippen LogP contribution >= 0.6 is 11.6 Å². The largest absolute Gasteiger partial charge is 0.367 e. The maximum absolute atomic E-state index is 12.0. The van der Waals surface area contributed by atoms with Crippen LogP contribution < -0.4 is 11.1 Å². The molecule has 3 heterocycles. The minimum absolute atomic E-state index is 0.0306. The molecule has 1 atom stereocenters. The number of benzene rings is 1. The lowest BCUT2D eigenvalue weighted by Crippen LogP contribution is -2.31. The van der Waals surface area contributed by atoms with Gasteiger partial charge in [-0.15, -0.1) is 10.2 Å². The lowest BCUT2D eigenvalue weighted by Gasteiger charge is -2.28. The number of pyridine rings is 1. The van der Waals surface area contributed by atoms with Crippen LogP contribution in [0.5, 0.6) is 0 Å². The highest BCUT2D eigenvalue weighted by Crippen LogP contribution is 2.35. The van der Waals surface area contributed by atoms with Crippen LogP contribution in [0.2, 0.25) is 5.15 Å². The van der Waals surface area contributed by atoms with E-state index in [1.54, 1.807) is 6.07 Å². The lowest BCUT2D eigenvalue weighted by molar-refractivity contribution is 0.100. The highest BCUT2D eigenvalue weighted by atomic mass is 35.5. The molecular formula is C22H23ClN6O. The zero-order valence-corrected chi connectivity index (χ0v) is 18.0. The Hall–Kier alpha value is -3.19. The number of halogens is 1. The molecule has 3 aromatic heterocycles. The maximum atomic E-state index is 12.0. The van der Waals surface area contributed by atoms with E-state index in [2.05, 4.69) is 53.2 Å². The number of nitrogens with one attached hydrogen (secondary N) is 2. The van der Waals surface area contributed by atoms with Gasteiger partial charge in [-0.2, -0.15) is 0 Å². The fourth-order valence-electron chi connectivity index (χ4n) is 3.25. The van der Waals surface area contributed by atoms with E-state index in [-0.39, 0.29) is 11.5 Å². The first-order valence-corrected chi connectivity index (χ1v) is 10.0. The number of rotatable bonds is 4. The van der Waals surface area contributed by atoms with Gasteiger partial charge < -0.3 is 16.0 Å². The zero-order chi connectivity index (χ0) is 21.6. The number of amides is 1. The van der Waals surface area contributed by atoms with Crippen molar-refractivity contribution in [3.05, 3.63) is 47.2 Å². The smallest absolute Gasteiger partial charge is 0.252 e. The molecule has 0 fully saturated rings. The fraction of sp³-hybridized carbons (Fsp3) is 0.273. The summed E-state index contributed by atoms with van der Waals surface area (Å²) in [6.45, 7) is 8.60. The number of H-pyrrole nitrogens is 1. The maximum Gasteiger partial charge on any atom is 0.252 e. The molecule has 0 saturated carbocycles. The minimum atomic E-state index is -0.529.